The summed E-state index contributed by atoms with van der Waals surface area (Å²) in [6.45, 7) is 3.95. The van der Waals surface area contributed by atoms with E-state index in [0.29, 0.717) is 16.7 Å². The van der Waals surface area contributed by atoms with Crippen LogP contribution in [0.4, 0.5) is 5.69 Å². The first-order chi connectivity index (χ1) is 12.6. The Labute approximate surface area is 148 Å². The SMILES string of the molecule is CCc1ccccc1NC(=O)c1nc2c(=O)[nH]c3cc(C)ccc3n2n1. The molecule has 2 heterocycles. The average molecular weight is 347 g/mol. The summed E-state index contributed by atoms with van der Waals surface area (Å²) in [5, 5.41) is 7.08. The normalized spacial score (nSPS) is 11.2. The lowest BCUT2D eigenvalue weighted by molar-refractivity contribution is 0.101. The molecular weight excluding hydrogens is 330 g/mol. The number of anilines is 1. The van der Waals surface area contributed by atoms with Gasteiger partial charge in [0.1, 0.15) is 0 Å². The molecule has 0 atom stereocenters. The highest BCUT2D eigenvalue weighted by molar-refractivity contribution is 6.02. The highest BCUT2D eigenvalue weighted by Gasteiger charge is 2.17. The molecule has 4 aromatic rings. The molecule has 130 valence electrons. The van der Waals surface area contributed by atoms with Crippen molar-refractivity contribution < 1.29 is 4.79 Å². The number of fused-ring (bicyclic) bond motifs is 3. The van der Waals surface area contributed by atoms with Gasteiger partial charge in [0.15, 0.2) is 0 Å². The van der Waals surface area contributed by atoms with Crippen LogP contribution in [0.2, 0.25) is 0 Å². The number of aromatic nitrogens is 4. The second kappa shape index (κ2) is 6.11. The Kier molecular flexibility index (Phi) is 3.76. The number of amides is 1. The molecule has 0 bridgehead atoms. The van der Waals surface area contributed by atoms with Crippen molar-refractivity contribution in [1.29, 1.82) is 0 Å². The van der Waals surface area contributed by atoms with Crippen molar-refractivity contribution in [3.8, 4) is 0 Å². The molecule has 26 heavy (non-hydrogen) atoms. The van der Waals surface area contributed by atoms with Crippen molar-refractivity contribution in [2.75, 3.05) is 5.32 Å². The van der Waals surface area contributed by atoms with E-state index in [4.69, 9.17) is 0 Å². The Bertz CT molecular complexity index is 1210. The maximum absolute atomic E-state index is 12.6. The van der Waals surface area contributed by atoms with Crippen LogP contribution in [-0.2, 0) is 6.42 Å². The van der Waals surface area contributed by atoms with Gasteiger partial charge in [0.25, 0.3) is 11.5 Å². The maximum atomic E-state index is 12.6. The number of aromatic amines is 1. The minimum atomic E-state index is -0.450. The van der Waals surface area contributed by atoms with E-state index in [-0.39, 0.29) is 17.0 Å². The molecule has 0 saturated heterocycles. The minimum absolute atomic E-state index is 0.0468. The van der Waals surface area contributed by atoms with Crippen LogP contribution in [0.1, 0.15) is 28.7 Å². The van der Waals surface area contributed by atoms with Crippen molar-refractivity contribution in [1.82, 2.24) is 19.6 Å². The standard InChI is InChI=1S/C19H17N5O2/c1-3-12-6-4-5-7-13(12)20-18(25)16-22-17-19(26)21-14-10-11(2)8-9-15(14)24(17)23-16/h4-10H,3H2,1-2H3,(H,20,25)(H,21,26). The Balaban J connectivity index is 1.80. The molecule has 0 aliphatic carbocycles. The summed E-state index contributed by atoms with van der Waals surface area (Å²) < 4.78 is 1.41. The number of hydrogen-bond donors (Lipinski definition) is 2. The van der Waals surface area contributed by atoms with Gasteiger partial charge < -0.3 is 10.3 Å². The zero-order chi connectivity index (χ0) is 18.3. The molecule has 0 aliphatic heterocycles. The van der Waals surface area contributed by atoms with E-state index in [0.717, 1.165) is 17.5 Å². The van der Waals surface area contributed by atoms with Crippen LogP contribution in [0.3, 0.4) is 0 Å². The third-order valence-electron chi connectivity index (χ3n) is 4.29. The van der Waals surface area contributed by atoms with Gasteiger partial charge in [-0.3, -0.25) is 9.59 Å². The molecule has 7 nitrogen and oxygen atoms in total. The van der Waals surface area contributed by atoms with Gasteiger partial charge in [-0.2, -0.15) is 4.98 Å². The van der Waals surface area contributed by atoms with E-state index in [2.05, 4.69) is 20.4 Å². The maximum Gasteiger partial charge on any atom is 0.295 e. The van der Waals surface area contributed by atoms with Crippen LogP contribution in [0.25, 0.3) is 16.7 Å². The van der Waals surface area contributed by atoms with Crippen LogP contribution >= 0.6 is 0 Å². The van der Waals surface area contributed by atoms with Gasteiger partial charge in [-0.1, -0.05) is 31.2 Å². The lowest BCUT2D eigenvalue weighted by Gasteiger charge is -2.07. The van der Waals surface area contributed by atoms with Gasteiger partial charge in [0, 0.05) is 5.69 Å². The second-order valence-electron chi connectivity index (χ2n) is 6.11. The number of aryl methyl sites for hydroxylation is 2. The molecule has 0 radical (unpaired) electrons. The predicted octanol–water partition coefficient (Wildman–Crippen LogP) is 2.69. The summed E-state index contributed by atoms with van der Waals surface area (Å²) in [6, 6.07) is 13.2. The van der Waals surface area contributed by atoms with Crippen molar-refractivity contribution in [2.24, 2.45) is 0 Å². The van der Waals surface area contributed by atoms with E-state index in [1.807, 2.05) is 56.3 Å². The summed E-state index contributed by atoms with van der Waals surface area (Å²) in [7, 11) is 0. The molecule has 2 N–H and O–H groups in total. The molecule has 0 unspecified atom stereocenters. The van der Waals surface area contributed by atoms with Gasteiger partial charge in [0.2, 0.25) is 11.5 Å². The van der Waals surface area contributed by atoms with Crippen molar-refractivity contribution in [3.05, 3.63) is 69.8 Å². The van der Waals surface area contributed by atoms with Crippen LogP contribution in [0.15, 0.2) is 47.3 Å². The highest BCUT2D eigenvalue weighted by Crippen LogP contribution is 2.17. The van der Waals surface area contributed by atoms with Crippen molar-refractivity contribution in [3.63, 3.8) is 0 Å². The Morgan fingerprint density at radius 1 is 1.23 bits per heavy atom. The number of hydrogen-bond acceptors (Lipinski definition) is 4. The van der Waals surface area contributed by atoms with E-state index in [1.54, 1.807) is 0 Å². The van der Waals surface area contributed by atoms with Crippen molar-refractivity contribution in [2.45, 2.75) is 20.3 Å². The van der Waals surface area contributed by atoms with Gasteiger partial charge in [-0.15, -0.1) is 5.10 Å². The number of para-hydroxylation sites is 1. The Morgan fingerprint density at radius 2 is 2.04 bits per heavy atom. The first kappa shape index (κ1) is 16.0. The Morgan fingerprint density at radius 3 is 2.85 bits per heavy atom. The van der Waals surface area contributed by atoms with Gasteiger partial charge in [0.05, 0.1) is 11.0 Å². The van der Waals surface area contributed by atoms with Crippen molar-refractivity contribution >= 4 is 28.3 Å². The molecule has 1 amide bonds. The fourth-order valence-electron chi connectivity index (χ4n) is 2.96. The van der Waals surface area contributed by atoms with Gasteiger partial charge in [-0.05, 0) is 42.7 Å². The number of benzene rings is 2. The quantitative estimate of drug-likeness (QED) is 0.596. The average Bonchev–Trinajstić information content (AvgIpc) is 3.08. The summed E-state index contributed by atoms with van der Waals surface area (Å²) in [6.07, 6.45) is 0.790. The molecule has 0 fully saturated rings. The van der Waals surface area contributed by atoms with E-state index >= 15 is 0 Å². The van der Waals surface area contributed by atoms with E-state index < -0.39 is 5.91 Å². The van der Waals surface area contributed by atoms with Crippen LogP contribution < -0.4 is 10.9 Å². The minimum Gasteiger partial charge on any atom is -0.319 e. The third kappa shape index (κ3) is 2.63. The largest absolute Gasteiger partial charge is 0.319 e. The molecule has 0 saturated carbocycles. The number of H-pyrrole nitrogens is 1. The predicted molar refractivity (Wildman–Crippen MR) is 99.6 cm³/mol. The lowest BCUT2D eigenvalue weighted by atomic mass is 10.1. The summed E-state index contributed by atoms with van der Waals surface area (Å²) in [5.41, 5.74) is 3.79. The van der Waals surface area contributed by atoms with Crippen LogP contribution in [-0.4, -0.2) is 25.5 Å². The molecule has 7 heteroatoms. The summed E-state index contributed by atoms with van der Waals surface area (Å²) >= 11 is 0. The number of rotatable bonds is 3. The first-order valence-electron chi connectivity index (χ1n) is 8.35. The lowest BCUT2D eigenvalue weighted by Crippen LogP contribution is -2.15. The molecule has 2 aromatic carbocycles. The first-order valence-corrected chi connectivity index (χ1v) is 8.35. The van der Waals surface area contributed by atoms with Crippen LogP contribution in [0.5, 0.6) is 0 Å². The fraction of sp³-hybridized carbons (Fsp3) is 0.158. The fourth-order valence-corrected chi connectivity index (χ4v) is 2.96. The number of carbonyl (C=O) groups is 1. The molecule has 2 aromatic heterocycles. The Hall–Kier alpha value is -3.48. The van der Waals surface area contributed by atoms with Crippen LogP contribution in [0, 0.1) is 6.92 Å². The summed E-state index contributed by atoms with van der Waals surface area (Å²) in [4.78, 5) is 31.8. The van der Waals surface area contributed by atoms with E-state index in [9.17, 15) is 9.59 Å². The third-order valence-corrected chi connectivity index (χ3v) is 4.29. The zero-order valence-corrected chi connectivity index (χ0v) is 14.4. The van der Waals surface area contributed by atoms with Gasteiger partial charge in [-0.25, -0.2) is 4.52 Å². The smallest absolute Gasteiger partial charge is 0.295 e. The summed E-state index contributed by atoms with van der Waals surface area (Å²) in [5.74, 6) is -0.497. The topological polar surface area (TPSA) is 92.1 Å². The molecular formula is C19H17N5O2. The monoisotopic (exact) mass is 347 g/mol. The molecule has 0 aliphatic rings. The van der Waals surface area contributed by atoms with E-state index in [1.165, 1.54) is 4.52 Å². The molecule has 4 rings (SSSR count). The van der Waals surface area contributed by atoms with Gasteiger partial charge >= 0.3 is 0 Å². The zero-order valence-electron chi connectivity index (χ0n) is 14.4. The number of carbonyl (C=O) groups excluding carboxylic acids is 1. The number of nitrogens with one attached hydrogen (secondary N) is 2. The molecule has 0 spiro atoms. The highest BCUT2D eigenvalue weighted by atomic mass is 16.2. The number of nitrogens with zero attached hydrogens (tertiary/aromatic N) is 3. The second-order valence-corrected chi connectivity index (χ2v) is 6.11.